The number of guanidine groups is 1. The molecule has 2 saturated heterocycles. The fourth-order valence-corrected chi connectivity index (χ4v) is 3.66. The second-order valence-electron chi connectivity index (χ2n) is 7.54. The number of halogens is 1. The van der Waals surface area contributed by atoms with Crippen molar-refractivity contribution in [1.29, 1.82) is 0 Å². The number of anilines is 1. The van der Waals surface area contributed by atoms with Crippen molar-refractivity contribution < 1.29 is 4.39 Å². The number of likely N-dealkylation sites (N-methyl/N-ethyl adjacent to an activating group) is 1. The van der Waals surface area contributed by atoms with Crippen LogP contribution in [0.5, 0.6) is 0 Å². The fourth-order valence-electron chi connectivity index (χ4n) is 3.66. The fraction of sp³-hybridized carbons (Fsp3) is 0.650. The van der Waals surface area contributed by atoms with E-state index in [-0.39, 0.29) is 5.82 Å². The largest absolute Gasteiger partial charge is 0.370 e. The summed E-state index contributed by atoms with van der Waals surface area (Å²) < 4.78 is 13.1. The number of benzene rings is 1. The van der Waals surface area contributed by atoms with Crippen LogP contribution >= 0.6 is 0 Å². The molecule has 2 N–H and O–H groups in total. The molecule has 0 unspecified atom stereocenters. The van der Waals surface area contributed by atoms with Crippen LogP contribution in [0.3, 0.4) is 0 Å². The van der Waals surface area contributed by atoms with Gasteiger partial charge in [0.2, 0.25) is 0 Å². The van der Waals surface area contributed by atoms with E-state index in [2.05, 4.69) is 31.6 Å². The third-order valence-corrected chi connectivity index (χ3v) is 5.55. The van der Waals surface area contributed by atoms with Crippen LogP contribution in [0.15, 0.2) is 29.3 Å². The van der Waals surface area contributed by atoms with Crippen molar-refractivity contribution in [2.75, 3.05) is 77.4 Å². The molecule has 2 aliphatic rings. The average molecular weight is 377 g/mol. The van der Waals surface area contributed by atoms with Gasteiger partial charge in [0.1, 0.15) is 5.82 Å². The van der Waals surface area contributed by atoms with Crippen LogP contribution in [-0.4, -0.2) is 93.2 Å². The van der Waals surface area contributed by atoms with Crippen molar-refractivity contribution >= 4 is 11.6 Å². The third kappa shape index (κ3) is 6.07. The van der Waals surface area contributed by atoms with Gasteiger partial charge in [-0.1, -0.05) is 0 Å². The van der Waals surface area contributed by atoms with E-state index in [9.17, 15) is 4.39 Å². The summed E-state index contributed by atoms with van der Waals surface area (Å²) in [6.07, 6.45) is 2.27. The Bertz CT molecular complexity index is 589. The summed E-state index contributed by atoms with van der Waals surface area (Å²) in [5.74, 6) is 0.467. The molecule has 0 saturated carbocycles. The maximum Gasteiger partial charge on any atom is 0.191 e. The number of unbranched alkanes of at least 4 members (excludes halogenated alkanes) is 1. The van der Waals surface area contributed by atoms with Crippen molar-refractivity contribution in [3.05, 3.63) is 30.1 Å². The van der Waals surface area contributed by atoms with Gasteiger partial charge in [0, 0.05) is 64.6 Å². The number of hydrogen-bond acceptors (Lipinski definition) is 4. The minimum absolute atomic E-state index is 0.193. The number of rotatable bonds is 6. The van der Waals surface area contributed by atoms with Crippen LogP contribution < -0.4 is 10.6 Å². The van der Waals surface area contributed by atoms with Crippen molar-refractivity contribution in [3.8, 4) is 0 Å². The molecule has 2 heterocycles. The van der Waals surface area contributed by atoms with E-state index in [1.807, 2.05) is 12.1 Å². The topological polar surface area (TPSA) is 51.3 Å². The Labute approximate surface area is 162 Å². The van der Waals surface area contributed by atoms with Crippen LogP contribution in [-0.2, 0) is 0 Å². The molecule has 2 fully saturated rings. The lowest BCUT2D eigenvalue weighted by Crippen LogP contribution is -2.51. The number of piperazine rings is 2. The van der Waals surface area contributed by atoms with Gasteiger partial charge in [-0.05, 0) is 50.7 Å². The Hall–Kier alpha value is -1.86. The summed E-state index contributed by atoms with van der Waals surface area (Å²) in [6.45, 7) is 10.2. The van der Waals surface area contributed by atoms with Gasteiger partial charge in [-0.3, -0.25) is 4.99 Å². The summed E-state index contributed by atoms with van der Waals surface area (Å²) in [7, 11) is 2.19. The molecule has 0 amide bonds. The lowest BCUT2D eigenvalue weighted by Gasteiger charge is -2.36. The quantitative estimate of drug-likeness (QED) is 0.461. The molecule has 0 aliphatic carbocycles. The Morgan fingerprint density at radius 2 is 1.63 bits per heavy atom. The second-order valence-corrected chi connectivity index (χ2v) is 7.54. The third-order valence-electron chi connectivity index (χ3n) is 5.55. The van der Waals surface area contributed by atoms with Gasteiger partial charge >= 0.3 is 0 Å². The molecular weight excluding hydrogens is 343 g/mol. The van der Waals surface area contributed by atoms with Gasteiger partial charge in [-0.2, -0.15) is 0 Å². The molecule has 2 aliphatic heterocycles. The van der Waals surface area contributed by atoms with E-state index in [1.54, 1.807) is 0 Å². The minimum atomic E-state index is -0.193. The molecule has 1 aromatic carbocycles. The van der Waals surface area contributed by atoms with Crippen LogP contribution in [0.25, 0.3) is 0 Å². The normalized spacial score (nSPS) is 20.3. The Morgan fingerprint density at radius 3 is 2.30 bits per heavy atom. The number of nitrogens with two attached hydrogens (primary N) is 1. The number of hydrogen-bond donors (Lipinski definition) is 1. The van der Waals surface area contributed by atoms with Crippen LogP contribution in [0.4, 0.5) is 10.1 Å². The lowest BCUT2D eigenvalue weighted by atomic mass is 10.2. The monoisotopic (exact) mass is 376 g/mol. The van der Waals surface area contributed by atoms with Gasteiger partial charge in [-0.25, -0.2) is 4.39 Å². The van der Waals surface area contributed by atoms with Crippen LogP contribution in [0, 0.1) is 5.82 Å². The van der Waals surface area contributed by atoms with Crippen molar-refractivity contribution in [2.24, 2.45) is 10.7 Å². The van der Waals surface area contributed by atoms with Gasteiger partial charge < -0.3 is 25.3 Å². The summed E-state index contributed by atoms with van der Waals surface area (Å²) in [5, 5.41) is 0. The maximum atomic E-state index is 13.1. The molecule has 0 spiro atoms. The maximum absolute atomic E-state index is 13.1. The van der Waals surface area contributed by atoms with Crippen molar-refractivity contribution in [2.45, 2.75) is 12.8 Å². The highest BCUT2D eigenvalue weighted by Crippen LogP contribution is 2.16. The SMILES string of the molecule is CN1CCN(CCCCN=C(N)N2CCN(c3ccc(F)cc3)CC2)CC1. The van der Waals surface area contributed by atoms with E-state index in [0.29, 0.717) is 5.96 Å². The van der Waals surface area contributed by atoms with E-state index >= 15 is 0 Å². The standard InChI is InChI=1S/C20H33FN6/c1-24-10-12-25(13-11-24)9-3-2-8-23-20(22)27-16-14-26(15-17-27)19-6-4-18(21)5-7-19/h4-7H,2-3,8-17H2,1H3,(H2,22,23). The lowest BCUT2D eigenvalue weighted by molar-refractivity contribution is 0.152. The molecule has 7 heteroatoms. The smallest absolute Gasteiger partial charge is 0.191 e. The second kappa shape index (κ2) is 9.90. The molecule has 27 heavy (non-hydrogen) atoms. The summed E-state index contributed by atoms with van der Waals surface area (Å²) >= 11 is 0. The molecule has 3 rings (SSSR count). The van der Waals surface area contributed by atoms with E-state index in [1.165, 1.54) is 51.3 Å². The van der Waals surface area contributed by atoms with Crippen molar-refractivity contribution in [3.63, 3.8) is 0 Å². The first-order chi connectivity index (χ1) is 13.1. The zero-order valence-corrected chi connectivity index (χ0v) is 16.5. The Morgan fingerprint density at radius 1 is 0.963 bits per heavy atom. The van der Waals surface area contributed by atoms with Crippen LogP contribution in [0.1, 0.15) is 12.8 Å². The molecular formula is C20H33FN6. The van der Waals surface area contributed by atoms with E-state index in [0.717, 1.165) is 44.8 Å². The Balaban J connectivity index is 1.32. The van der Waals surface area contributed by atoms with Gasteiger partial charge in [-0.15, -0.1) is 0 Å². The first-order valence-electron chi connectivity index (χ1n) is 10.1. The van der Waals surface area contributed by atoms with Gasteiger partial charge in [0.25, 0.3) is 0 Å². The van der Waals surface area contributed by atoms with E-state index in [4.69, 9.17) is 5.73 Å². The predicted molar refractivity (Wildman–Crippen MR) is 110 cm³/mol. The molecule has 0 radical (unpaired) electrons. The first-order valence-corrected chi connectivity index (χ1v) is 10.1. The zero-order valence-electron chi connectivity index (χ0n) is 16.5. The van der Waals surface area contributed by atoms with Crippen molar-refractivity contribution in [1.82, 2.24) is 14.7 Å². The average Bonchev–Trinajstić information content (AvgIpc) is 2.70. The molecule has 0 bridgehead atoms. The van der Waals surface area contributed by atoms with Crippen LogP contribution in [0.2, 0.25) is 0 Å². The van der Waals surface area contributed by atoms with Gasteiger partial charge in [0.15, 0.2) is 5.96 Å². The number of aliphatic imine (C=N–C) groups is 1. The minimum Gasteiger partial charge on any atom is -0.370 e. The molecule has 0 atom stereocenters. The molecule has 0 aromatic heterocycles. The molecule has 6 nitrogen and oxygen atoms in total. The predicted octanol–water partition coefficient (Wildman–Crippen LogP) is 1.29. The highest BCUT2D eigenvalue weighted by Gasteiger charge is 2.18. The van der Waals surface area contributed by atoms with E-state index < -0.39 is 0 Å². The highest BCUT2D eigenvalue weighted by molar-refractivity contribution is 5.78. The van der Waals surface area contributed by atoms with Gasteiger partial charge in [0.05, 0.1) is 0 Å². The number of nitrogens with zero attached hydrogens (tertiary/aromatic N) is 5. The zero-order chi connectivity index (χ0) is 19.1. The highest BCUT2D eigenvalue weighted by atomic mass is 19.1. The summed E-state index contributed by atoms with van der Waals surface area (Å²) in [6, 6.07) is 6.70. The first kappa shape index (κ1) is 19.9. The Kier molecular flexibility index (Phi) is 7.29. The molecule has 1 aromatic rings. The molecule has 150 valence electrons. The summed E-state index contributed by atoms with van der Waals surface area (Å²) in [5.41, 5.74) is 7.25. The summed E-state index contributed by atoms with van der Waals surface area (Å²) in [4.78, 5) is 13.9.